The summed E-state index contributed by atoms with van der Waals surface area (Å²) in [7, 11) is -1.80. The summed E-state index contributed by atoms with van der Waals surface area (Å²) < 4.78 is 31.0. The van der Waals surface area contributed by atoms with Gasteiger partial charge in [-0.1, -0.05) is 54.1 Å². The molecule has 0 aliphatic carbocycles. The number of hydrogen-bond donors (Lipinski definition) is 2. The fourth-order valence-corrected chi connectivity index (χ4v) is 6.09. The van der Waals surface area contributed by atoms with E-state index in [1.54, 1.807) is 24.3 Å². The molecule has 5 rings (SSSR count). The molecule has 3 aromatic carbocycles. The van der Waals surface area contributed by atoms with Gasteiger partial charge in [-0.05, 0) is 38.2 Å². The Morgan fingerprint density at radius 1 is 0.875 bits per heavy atom. The Bertz CT molecular complexity index is 1330. The van der Waals surface area contributed by atoms with Crippen LogP contribution in [0.4, 0.5) is 0 Å². The van der Waals surface area contributed by atoms with Crippen LogP contribution in [0.2, 0.25) is 0 Å². The third kappa shape index (κ3) is 3.61. The van der Waals surface area contributed by atoms with E-state index in [0.717, 1.165) is 27.4 Å². The van der Waals surface area contributed by atoms with E-state index in [2.05, 4.69) is 38.5 Å². The number of benzene rings is 3. The zero-order valence-corrected chi connectivity index (χ0v) is 19.0. The van der Waals surface area contributed by atoms with Gasteiger partial charge in [-0.3, -0.25) is 0 Å². The Labute approximate surface area is 188 Å². The van der Waals surface area contributed by atoms with Crippen molar-refractivity contribution in [3.8, 4) is 0 Å². The van der Waals surface area contributed by atoms with Crippen LogP contribution in [0.3, 0.4) is 0 Å². The third-order valence-corrected chi connectivity index (χ3v) is 7.91. The Balaban J connectivity index is 1.55. The number of nitrogens with zero attached hydrogens (tertiary/aromatic N) is 2. The molecular formula is C25H27N3O3S. The average molecular weight is 450 g/mol. The second-order valence-electron chi connectivity index (χ2n) is 8.72. The lowest BCUT2D eigenvalue weighted by molar-refractivity contribution is 0.0225. The molecule has 3 atom stereocenters. The molecule has 0 bridgehead atoms. The number of para-hydroxylation sites is 2. The number of rotatable bonds is 4. The highest BCUT2D eigenvalue weighted by Gasteiger charge is 2.39. The largest absolute Gasteiger partial charge is 0.389 e. The van der Waals surface area contributed by atoms with E-state index in [0.29, 0.717) is 13.1 Å². The van der Waals surface area contributed by atoms with Crippen LogP contribution >= 0.6 is 0 Å². The summed E-state index contributed by atoms with van der Waals surface area (Å²) in [5.74, 6) is 0. The van der Waals surface area contributed by atoms with Gasteiger partial charge < -0.3 is 14.6 Å². The molecule has 7 heteroatoms. The lowest BCUT2D eigenvalue weighted by atomic mass is 9.97. The van der Waals surface area contributed by atoms with Crippen molar-refractivity contribution in [2.45, 2.75) is 30.0 Å². The lowest BCUT2D eigenvalue weighted by Crippen LogP contribution is -2.58. The number of piperidine rings is 1. The van der Waals surface area contributed by atoms with Crippen molar-refractivity contribution in [2.75, 3.05) is 20.1 Å². The van der Waals surface area contributed by atoms with Crippen molar-refractivity contribution < 1.29 is 13.5 Å². The molecule has 0 spiro atoms. The second kappa shape index (κ2) is 8.01. The van der Waals surface area contributed by atoms with Crippen molar-refractivity contribution in [2.24, 2.45) is 0 Å². The first-order valence-electron chi connectivity index (χ1n) is 10.8. The van der Waals surface area contributed by atoms with Gasteiger partial charge in [-0.25, -0.2) is 13.1 Å². The molecule has 0 unspecified atom stereocenters. The van der Waals surface area contributed by atoms with Crippen LogP contribution in [0.5, 0.6) is 0 Å². The summed E-state index contributed by atoms with van der Waals surface area (Å²) in [6.45, 7) is 2.96. The number of likely N-dealkylation sites (tertiary alicyclic amines) is 1. The van der Waals surface area contributed by atoms with Gasteiger partial charge in [-0.2, -0.15) is 0 Å². The number of fused-ring (bicyclic) bond motifs is 3. The van der Waals surface area contributed by atoms with Crippen LogP contribution in [0, 0.1) is 6.92 Å². The number of likely N-dealkylation sites (N-methyl/N-ethyl adjacent to an activating group) is 1. The SMILES string of the molecule is Cc1ccc(S(=O)(=O)N[C@H]2CN(C)C[C@@H](n3c4ccccc4c4ccccc43)[C@@H]2O)cc1. The number of sulfonamides is 1. The van der Waals surface area contributed by atoms with E-state index in [1.165, 1.54) is 0 Å². The summed E-state index contributed by atoms with van der Waals surface area (Å²) in [5.41, 5.74) is 3.06. The fraction of sp³-hybridized carbons (Fsp3) is 0.280. The van der Waals surface area contributed by atoms with E-state index in [-0.39, 0.29) is 10.9 Å². The number of aromatic nitrogens is 1. The van der Waals surface area contributed by atoms with Crippen molar-refractivity contribution in [1.82, 2.24) is 14.2 Å². The standard InChI is InChI=1S/C25H27N3O3S/c1-17-11-13-18(14-12-17)32(30,31)26-21-15-27(2)16-24(25(21)29)28-22-9-5-3-7-19(22)20-8-4-6-10-23(20)28/h3-14,21,24-26,29H,15-16H2,1-2H3/t21-,24+,25+/m0/s1. The van der Waals surface area contributed by atoms with E-state index in [4.69, 9.17) is 0 Å². The molecule has 2 N–H and O–H groups in total. The topological polar surface area (TPSA) is 74.6 Å². The van der Waals surface area contributed by atoms with Gasteiger partial charge in [0.25, 0.3) is 0 Å². The summed E-state index contributed by atoms with van der Waals surface area (Å²) in [6.07, 6.45) is -0.884. The third-order valence-electron chi connectivity index (χ3n) is 6.40. The van der Waals surface area contributed by atoms with E-state index in [9.17, 15) is 13.5 Å². The summed E-state index contributed by atoms with van der Waals surface area (Å²) >= 11 is 0. The van der Waals surface area contributed by atoms with Crippen LogP contribution in [-0.4, -0.2) is 55.3 Å². The van der Waals surface area contributed by atoms with Gasteiger partial charge in [0.05, 0.1) is 23.1 Å². The molecule has 6 nitrogen and oxygen atoms in total. The first-order chi connectivity index (χ1) is 15.3. The highest BCUT2D eigenvalue weighted by Crippen LogP contribution is 2.35. The predicted molar refractivity (Wildman–Crippen MR) is 127 cm³/mol. The van der Waals surface area contributed by atoms with Gasteiger partial charge in [-0.15, -0.1) is 0 Å². The smallest absolute Gasteiger partial charge is 0.240 e. The number of nitrogens with one attached hydrogen (secondary N) is 1. The summed E-state index contributed by atoms with van der Waals surface area (Å²) in [4.78, 5) is 2.28. The maximum Gasteiger partial charge on any atom is 0.240 e. The Hall–Kier alpha value is -2.71. The molecule has 0 saturated carbocycles. The lowest BCUT2D eigenvalue weighted by Gasteiger charge is -2.41. The van der Waals surface area contributed by atoms with Crippen LogP contribution in [-0.2, 0) is 10.0 Å². The molecule has 1 aromatic heterocycles. The number of aryl methyl sites for hydroxylation is 1. The minimum Gasteiger partial charge on any atom is -0.389 e. The Kier molecular flexibility index (Phi) is 5.29. The van der Waals surface area contributed by atoms with Gasteiger partial charge in [0.1, 0.15) is 0 Å². The highest BCUT2D eigenvalue weighted by molar-refractivity contribution is 7.89. The molecule has 4 aromatic rings. The monoisotopic (exact) mass is 449 g/mol. The molecule has 1 aliphatic rings. The van der Waals surface area contributed by atoms with E-state index >= 15 is 0 Å². The highest BCUT2D eigenvalue weighted by atomic mass is 32.2. The first-order valence-corrected chi connectivity index (χ1v) is 12.3. The van der Waals surface area contributed by atoms with E-state index < -0.39 is 22.2 Å². The van der Waals surface area contributed by atoms with Crippen LogP contribution in [0.25, 0.3) is 21.8 Å². The molecular weight excluding hydrogens is 422 g/mol. The van der Waals surface area contributed by atoms with Crippen molar-refractivity contribution in [1.29, 1.82) is 0 Å². The van der Waals surface area contributed by atoms with E-state index in [1.807, 2.05) is 38.2 Å². The molecule has 1 fully saturated rings. The van der Waals surface area contributed by atoms with Gasteiger partial charge in [0.15, 0.2) is 0 Å². The minimum atomic E-state index is -3.76. The Morgan fingerprint density at radius 2 is 1.44 bits per heavy atom. The van der Waals surface area contributed by atoms with Crippen molar-refractivity contribution >= 4 is 31.8 Å². The zero-order chi connectivity index (χ0) is 22.5. The van der Waals surface area contributed by atoms with Crippen LogP contribution in [0.1, 0.15) is 11.6 Å². The molecule has 0 radical (unpaired) electrons. The quantitative estimate of drug-likeness (QED) is 0.501. The maximum atomic E-state index is 13.0. The maximum absolute atomic E-state index is 13.0. The number of aliphatic hydroxyl groups is 1. The average Bonchev–Trinajstić information content (AvgIpc) is 3.10. The fourth-order valence-electron chi connectivity index (χ4n) is 4.85. The molecule has 1 aliphatic heterocycles. The number of aliphatic hydroxyl groups excluding tert-OH is 1. The van der Waals surface area contributed by atoms with Gasteiger partial charge >= 0.3 is 0 Å². The zero-order valence-electron chi connectivity index (χ0n) is 18.1. The molecule has 2 heterocycles. The van der Waals surface area contributed by atoms with Crippen molar-refractivity contribution in [3.63, 3.8) is 0 Å². The molecule has 32 heavy (non-hydrogen) atoms. The molecule has 166 valence electrons. The summed E-state index contributed by atoms with van der Waals surface area (Å²) in [6, 6.07) is 22.1. The Morgan fingerprint density at radius 3 is 2.03 bits per heavy atom. The van der Waals surface area contributed by atoms with Crippen molar-refractivity contribution in [3.05, 3.63) is 78.4 Å². The molecule has 0 amide bonds. The minimum absolute atomic E-state index is 0.206. The number of hydrogen-bond acceptors (Lipinski definition) is 4. The van der Waals surface area contributed by atoms with Crippen LogP contribution < -0.4 is 4.72 Å². The van der Waals surface area contributed by atoms with Gasteiger partial charge in [0.2, 0.25) is 10.0 Å². The predicted octanol–water partition coefficient (Wildman–Crippen LogP) is 3.30. The normalized spacial score (nSPS) is 22.5. The van der Waals surface area contributed by atoms with Gasteiger partial charge in [0, 0.05) is 34.9 Å². The van der Waals surface area contributed by atoms with Crippen LogP contribution in [0.15, 0.2) is 77.7 Å². The second-order valence-corrected chi connectivity index (χ2v) is 10.4. The first kappa shape index (κ1) is 21.2. The molecule has 1 saturated heterocycles. The summed E-state index contributed by atoms with van der Waals surface area (Å²) in [5, 5.41) is 13.7.